The number of anilines is 1. The summed E-state index contributed by atoms with van der Waals surface area (Å²) in [5.41, 5.74) is 3.60. The van der Waals surface area contributed by atoms with Gasteiger partial charge in [-0.05, 0) is 44.6 Å². The molecule has 5 heteroatoms. The van der Waals surface area contributed by atoms with Crippen molar-refractivity contribution >= 4 is 5.82 Å². The van der Waals surface area contributed by atoms with Gasteiger partial charge in [-0.3, -0.25) is 5.10 Å². The van der Waals surface area contributed by atoms with Crippen molar-refractivity contribution in [1.82, 2.24) is 20.2 Å². The number of aromatic amines is 1. The summed E-state index contributed by atoms with van der Waals surface area (Å²) in [5.74, 6) is 2.55. The van der Waals surface area contributed by atoms with Crippen LogP contribution in [0.25, 0.3) is 0 Å². The molecule has 0 spiro atoms. The minimum absolute atomic E-state index is 0.294. The van der Waals surface area contributed by atoms with E-state index in [1.807, 2.05) is 19.2 Å². The third kappa shape index (κ3) is 2.17. The van der Waals surface area contributed by atoms with E-state index in [0.717, 1.165) is 30.2 Å². The second-order valence-electron chi connectivity index (χ2n) is 5.93. The van der Waals surface area contributed by atoms with E-state index in [9.17, 15) is 0 Å². The normalized spacial score (nSPS) is 21.6. The van der Waals surface area contributed by atoms with E-state index in [1.54, 1.807) is 0 Å². The van der Waals surface area contributed by atoms with Crippen molar-refractivity contribution in [2.45, 2.75) is 51.0 Å². The Kier molecular flexibility index (Phi) is 2.72. The van der Waals surface area contributed by atoms with Gasteiger partial charge < -0.3 is 5.32 Å². The smallest absolute Gasteiger partial charge is 0.134 e. The molecule has 5 nitrogen and oxygen atoms in total. The molecule has 104 valence electrons. The van der Waals surface area contributed by atoms with Gasteiger partial charge in [0.1, 0.15) is 11.6 Å². The Morgan fingerprint density at radius 3 is 3.00 bits per heavy atom. The Morgan fingerprint density at radius 1 is 1.25 bits per heavy atom. The number of hydrogen-bond acceptors (Lipinski definition) is 4. The number of aromatic nitrogens is 4. The number of aryl methyl sites for hydroxylation is 2. The minimum atomic E-state index is 0.294. The van der Waals surface area contributed by atoms with E-state index >= 15 is 0 Å². The molecule has 1 fully saturated rings. The number of nitrogens with one attached hydrogen (secondary N) is 2. The molecule has 0 aliphatic heterocycles. The number of H-pyrrole nitrogens is 1. The number of fused-ring (bicyclic) bond motifs is 1. The van der Waals surface area contributed by atoms with Gasteiger partial charge in [-0.2, -0.15) is 5.10 Å². The molecule has 2 heterocycles. The van der Waals surface area contributed by atoms with Gasteiger partial charge in [-0.25, -0.2) is 9.97 Å². The second kappa shape index (κ2) is 4.58. The molecule has 0 aromatic carbocycles. The highest BCUT2D eigenvalue weighted by Gasteiger charge is 2.28. The first kappa shape index (κ1) is 11.9. The highest BCUT2D eigenvalue weighted by Crippen LogP contribution is 2.39. The maximum absolute atomic E-state index is 4.69. The lowest BCUT2D eigenvalue weighted by Crippen LogP contribution is -2.18. The van der Waals surface area contributed by atoms with E-state index in [1.165, 1.54) is 30.5 Å². The summed E-state index contributed by atoms with van der Waals surface area (Å²) in [6.45, 7) is 2.04. The number of hydrogen-bond donors (Lipinski definition) is 2. The van der Waals surface area contributed by atoms with Crippen LogP contribution in [0.2, 0.25) is 0 Å². The van der Waals surface area contributed by atoms with Crippen molar-refractivity contribution in [3.05, 3.63) is 35.0 Å². The Labute approximate surface area is 118 Å². The van der Waals surface area contributed by atoms with E-state index in [-0.39, 0.29) is 0 Å². The fourth-order valence-electron chi connectivity index (χ4n) is 2.98. The lowest BCUT2D eigenvalue weighted by Gasteiger charge is -2.23. The summed E-state index contributed by atoms with van der Waals surface area (Å²) in [5, 5.41) is 10.9. The quantitative estimate of drug-likeness (QED) is 0.899. The van der Waals surface area contributed by atoms with Crippen LogP contribution in [0.1, 0.15) is 60.4 Å². The zero-order valence-corrected chi connectivity index (χ0v) is 11.7. The summed E-state index contributed by atoms with van der Waals surface area (Å²) in [7, 11) is 0. The molecule has 4 rings (SSSR count). The molecule has 0 saturated heterocycles. The highest BCUT2D eigenvalue weighted by atomic mass is 15.1. The standard InChI is InChI=1S/C15H19N5/c1-9-7-13(19-15(17-9)10-5-6-10)18-12-4-2-3-11-8-16-20-14(11)12/h7-8,10,12H,2-6H2,1H3,(H,16,20)(H,17,18,19). The summed E-state index contributed by atoms with van der Waals surface area (Å²) in [6, 6.07) is 2.33. The summed E-state index contributed by atoms with van der Waals surface area (Å²) in [6.07, 6.45) is 7.86. The minimum Gasteiger partial charge on any atom is -0.362 e. The van der Waals surface area contributed by atoms with Gasteiger partial charge in [-0.15, -0.1) is 0 Å². The predicted octanol–water partition coefficient (Wildman–Crippen LogP) is 2.88. The molecule has 2 aliphatic rings. The van der Waals surface area contributed by atoms with Gasteiger partial charge in [0.2, 0.25) is 0 Å². The van der Waals surface area contributed by atoms with Crippen LogP contribution < -0.4 is 5.32 Å². The fourth-order valence-corrected chi connectivity index (χ4v) is 2.98. The first-order chi connectivity index (χ1) is 9.79. The molecule has 1 atom stereocenters. The number of rotatable bonds is 3. The van der Waals surface area contributed by atoms with Crippen LogP contribution in [0.4, 0.5) is 5.82 Å². The summed E-state index contributed by atoms with van der Waals surface area (Å²) in [4.78, 5) is 9.24. The first-order valence-electron chi connectivity index (χ1n) is 7.44. The van der Waals surface area contributed by atoms with Crippen LogP contribution in [-0.4, -0.2) is 20.2 Å². The molecule has 0 amide bonds. The van der Waals surface area contributed by atoms with Crippen molar-refractivity contribution < 1.29 is 0 Å². The van der Waals surface area contributed by atoms with Gasteiger partial charge in [0.25, 0.3) is 0 Å². The van der Waals surface area contributed by atoms with Crippen LogP contribution in [0, 0.1) is 6.92 Å². The first-order valence-corrected chi connectivity index (χ1v) is 7.44. The van der Waals surface area contributed by atoms with Gasteiger partial charge in [-0.1, -0.05) is 0 Å². The molecule has 2 aromatic heterocycles. The third-order valence-electron chi connectivity index (χ3n) is 4.17. The van der Waals surface area contributed by atoms with Crippen LogP contribution in [-0.2, 0) is 6.42 Å². The molecule has 1 saturated carbocycles. The number of nitrogens with zero attached hydrogens (tertiary/aromatic N) is 3. The van der Waals surface area contributed by atoms with Gasteiger partial charge in [0.15, 0.2) is 0 Å². The maximum atomic E-state index is 4.69. The average molecular weight is 269 g/mol. The van der Waals surface area contributed by atoms with Crippen LogP contribution >= 0.6 is 0 Å². The molecule has 2 aliphatic carbocycles. The van der Waals surface area contributed by atoms with Crippen molar-refractivity contribution in [2.24, 2.45) is 0 Å². The zero-order valence-electron chi connectivity index (χ0n) is 11.7. The van der Waals surface area contributed by atoms with Gasteiger partial charge >= 0.3 is 0 Å². The Hall–Kier alpha value is -1.91. The average Bonchev–Trinajstić information content (AvgIpc) is 3.17. The van der Waals surface area contributed by atoms with Gasteiger partial charge in [0.05, 0.1) is 17.9 Å². The Balaban J connectivity index is 1.60. The van der Waals surface area contributed by atoms with E-state index in [0.29, 0.717) is 12.0 Å². The van der Waals surface area contributed by atoms with Crippen molar-refractivity contribution in [1.29, 1.82) is 0 Å². The topological polar surface area (TPSA) is 66.5 Å². The van der Waals surface area contributed by atoms with Crippen LogP contribution in [0.15, 0.2) is 12.3 Å². The molecular formula is C15H19N5. The molecule has 1 unspecified atom stereocenters. The molecule has 2 aromatic rings. The second-order valence-corrected chi connectivity index (χ2v) is 5.93. The van der Waals surface area contributed by atoms with E-state index < -0.39 is 0 Å². The lowest BCUT2D eigenvalue weighted by molar-refractivity contribution is 0.586. The molecule has 0 radical (unpaired) electrons. The van der Waals surface area contributed by atoms with Crippen molar-refractivity contribution in [3.63, 3.8) is 0 Å². The molecule has 20 heavy (non-hydrogen) atoms. The molecule has 2 N–H and O–H groups in total. The highest BCUT2D eigenvalue weighted by molar-refractivity contribution is 5.41. The SMILES string of the molecule is Cc1cc(NC2CCCc3cn[nH]c32)nc(C2CC2)n1. The lowest BCUT2D eigenvalue weighted by atomic mass is 9.94. The summed E-state index contributed by atoms with van der Waals surface area (Å²) < 4.78 is 0. The van der Waals surface area contributed by atoms with Crippen molar-refractivity contribution in [2.75, 3.05) is 5.32 Å². The Morgan fingerprint density at radius 2 is 2.15 bits per heavy atom. The summed E-state index contributed by atoms with van der Waals surface area (Å²) >= 11 is 0. The van der Waals surface area contributed by atoms with Crippen molar-refractivity contribution in [3.8, 4) is 0 Å². The Bertz CT molecular complexity index is 629. The maximum Gasteiger partial charge on any atom is 0.134 e. The predicted molar refractivity (Wildman–Crippen MR) is 76.6 cm³/mol. The largest absolute Gasteiger partial charge is 0.362 e. The monoisotopic (exact) mass is 269 g/mol. The third-order valence-corrected chi connectivity index (χ3v) is 4.17. The van der Waals surface area contributed by atoms with Crippen LogP contribution in [0.5, 0.6) is 0 Å². The van der Waals surface area contributed by atoms with Gasteiger partial charge in [0, 0.05) is 17.7 Å². The van der Waals surface area contributed by atoms with E-state index in [2.05, 4.69) is 20.5 Å². The zero-order chi connectivity index (χ0) is 13.5. The molecular weight excluding hydrogens is 250 g/mol. The fraction of sp³-hybridized carbons (Fsp3) is 0.533. The van der Waals surface area contributed by atoms with E-state index in [4.69, 9.17) is 4.98 Å². The van der Waals surface area contributed by atoms with Crippen LogP contribution in [0.3, 0.4) is 0 Å². The molecule has 0 bridgehead atoms.